The Morgan fingerprint density at radius 2 is 1.95 bits per heavy atom. The maximum absolute atomic E-state index is 5.68. The maximum atomic E-state index is 5.68. The molecule has 0 saturated heterocycles. The van der Waals surface area contributed by atoms with Crippen LogP contribution in [0, 0.1) is 6.92 Å². The minimum Gasteiger partial charge on any atom is -0.496 e. The zero-order valence-electron chi connectivity index (χ0n) is 12.9. The standard InChI is InChI=1S/C16H23N3O/c1-11-8-12(6-7-13-10-17-19-18-13)15(20-5)14(9-11)16(2,3)4/h8-10H,6-7H2,1-5H3,(H,17,18,19). The van der Waals surface area contributed by atoms with Crippen molar-refractivity contribution in [3.8, 4) is 5.75 Å². The summed E-state index contributed by atoms with van der Waals surface area (Å²) >= 11 is 0. The maximum Gasteiger partial charge on any atom is 0.125 e. The van der Waals surface area contributed by atoms with Crippen molar-refractivity contribution in [1.29, 1.82) is 0 Å². The van der Waals surface area contributed by atoms with Crippen LogP contribution in [0.25, 0.3) is 0 Å². The lowest BCUT2D eigenvalue weighted by Gasteiger charge is -2.25. The van der Waals surface area contributed by atoms with Gasteiger partial charge in [0.25, 0.3) is 0 Å². The van der Waals surface area contributed by atoms with Crippen molar-refractivity contribution < 1.29 is 4.74 Å². The van der Waals surface area contributed by atoms with Gasteiger partial charge in [0.15, 0.2) is 0 Å². The second-order valence-electron chi connectivity index (χ2n) is 6.22. The molecule has 4 heteroatoms. The van der Waals surface area contributed by atoms with Crippen LogP contribution in [-0.4, -0.2) is 22.5 Å². The van der Waals surface area contributed by atoms with Crippen molar-refractivity contribution in [3.05, 3.63) is 40.7 Å². The van der Waals surface area contributed by atoms with E-state index in [0.717, 1.165) is 24.3 Å². The monoisotopic (exact) mass is 273 g/mol. The van der Waals surface area contributed by atoms with Crippen LogP contribution >= 0.6 is 0 Å². The van der Waals surface area contributed by atoms with Crippen LogP contribution in [0.5, 0.6) is 5.75 Å². The Balaban J connectivity index is 2.34. The van der Waals surface area contributed by atoms with Gasteiger partial charge in [0.1, 0.15) is 5.75 Å². The van der Waals surface area contributed by atoms with E-state index in [1.54, 1.807) is 13.3 Å². The van der Waals surface area contributed by atoms with E-state index in [-0.39, 0.29) is 5.41 Å². The van der Waals surface area contributed by atoms with Gasteiger partial charge in [-0.1, -0.05) is 38.5 Å². The molecule has 1 aromatic heterocycles. The van der Waals surface area contributed by atoms with Gasteiger partial charge in [-0.25, -0.2) is 0 Å². The van der Waals surface area contributed by atoms with E-state index in [9.17, 15) is 0 Å². The Hall–Kier alpha value is -1.84. The quantitative estimate of drug-likeness (QED) is 0.930. The van der Waals surface area contributed by atoms with Crippen LogP contribution in [0.3, 0.4) is 0 Å². The Morgan fingerprint density at radius 3 is 2.50 bits per heavy atom. The summed E-state index contributed by atoms with van der Waals surface area (Å²) in [6.45, 7) is 8.78. The fourth-order valence-corrected chi connectivity index (χ4v) is 2.44. The molecule has 0 saturated carbocycles. The third-order valence-electron chi connectivity index (χ3n) is 3.44. The smallest absolute Gasteiger partial charge is 0.125 e. The Labute approximate surface area is 120 Å². The first-order valence-corrected chi connectivity index (χ1v) is 6.94. The summed E-state index contributed by atoms with van der Waals surface area (Å²) in [5, 5.41) is 10.6. The van der Waals surface area contributed by atoms with Crippen molar-refractivity contribution in [3.63, 3.8) is 0 Å². The molecular formula is C16H23N3O. The summed E-state index contributed by atoms with van der Waals surface area (Å²) in [4.78, 5) is 0. The van der Waals surface area contributed by atoms with Gasteiger partial charge >= 0.3 is 0 Å². The highest BCUT2D eigenvalue weighted by Gasteiger charge is 2.21. The first kappa shape index (κ1) is 14.6. The molecule has 0 atom stereocenters. The first-order chi connectivity index (χ1) is 9.41. The number of hydrogen-bond acceptors (Lipinski definition) is 3. The third-order valence-corrected chi connectivity index (χ3v) is 3.44. The second kappa shape index (κ2) is 5.65. The summed E-state index contributed by atoms with van der Waals surface area (Å²) in [7, 11) is 1.75. The lowest BCUT2D eigenvalue weighted by molar-refractivity contribution is 0.392. The van der Waals surface area contributed by atoms with Gasteiger partial charge < -0.3 is 4.74 Å². The number of hydrogen-bond donors (Lipinski definition) is 1. The summed E-state index contributed by atoms with van der Waals surface area (Å²) < 4.78 is 5.68. The summed E-state index contributed by atoms with van der Waals surface area (Å²) in [6, 6.07) is 4.42. The van der Waals surface area contributed by atoms with Gasteiger partial charge in [-0.2, -0.15) is 15.4 Å². The number of nitrogens with zero attached hydrogens (tertiary/aromatic N) is 2. The Morgan fingerprint density at radius 1 is 1.20 bits per heavy atom. The van der Waals surface area contributed by atoms with Crippen molar-refractivity contribution in [2.24, 2.45) is 0 Å². The molecule has 2 rings (SSSR count). The van der Waals surface area contributed by atoms with Crippen LogP contribution in [0.2, 0.25) is 0 Å². The number of benzene rings is 1. The van der Waals surface area contributed by atoms with Gasteiger partial charge in [0.2, 0.25) is 0 Å². The molecule has 2 aromatic rings. The number of ether oxygens (including phenoxy) is 1. The molecule has 0 fully saturated rings. The molecule has 4 nitrogen and oxygen atoms in total. The van der Waals surface area contributed by atoms with E-state index in [1.165, 1.54) is 16.7 Å². The number of methoxy groups -OCH3 is 1. The molecule has 0 aliphatic carbocycles. The average Bonchev–Trinajstić information content (AvgIpc) is 2.87. The molecule has 1 heterocycles. The van der Waals surface area contributed by atoms with E-state index >= 15 is 0 Å². The molecule has 1 N–H and O–H groups in total. The molecule has 1 aromatic carbocycles. The topological polar surface area (TPSA) is 50.8 Å². The van der Waals surface area contributed by atoms with Gasteiger partial charge in [-0.05, 0) is 30.7 Å². The molecule has 0 aliphatic heterocycles. The third kappa shape index (κ3) is 3.18. The molecule has 0 spiro atoms. The average molecular weight is 273 g/mol. The fourth-order valence-electron chi connectivity index (χ4n) is 2.44. The van der Waals surface area contributed by atoms with Crippen LogP contribution in [0.1, 0.15) is 43.2 Å². The lowest BCUT2D eigenvalue weighted by Crippen LogP contribution is -2.14. The number of H-pyrrole nitrogens is 1. The number of aryl methyl sites for hydroxylation is 3. The predicted molar refractivity (Wildman–Crippen MR) is 80.2 cm³/mol. The SMILES string of the molecule is COc1c(CCc2cn[nH]n2)cc(C)cc1C(C)(C)C. The van der Waals surface area contributed by atoms with Crippen molar-refractivity contribution >= 4 is 0 Å². The minimum atomic E-state index is 0.0694. The van der Waals surface area contributed by atoms with Gasteiger partial charge in [0.05, 0.1) is 19.0 Å². The number of rotatable bonds is 4. The Bertz CT molecular complexity index is 568. The summed E-state index contributed by atoms with van der Waals surface area (Å²) in [5.74, 6) is 1.01. The van der Waals surface area contributed by atoms with E-state index in [1.807, 2.05) is 0 Å². The predicted octanol–water partition coefficient (Wildman–Crippen LogP) is 3.20. The fraction of sp³-hybridized carbons (Fsp3) is 0.500. The van der Waals surface area contributed by atoms with Crippen molar-refractivity contribution in [1.82, 2.24) is 15.4 Å². The number of aromatic amines is 1. The molecule has 0 bridgehead atoms. The molecule has 108 valence electrons. The normalized spacial score (nSPS) is 11.7. The molecule has 0 unspecified atom stereocenters. The van der Waals surface area contributed by atoms with E-state index in [4.69, 9.17) is 4.74 Å². The second-order valence-corrected chi connectivity index (χ2v) is 6.22. The molecule has 20 heavy (non-hydrogen) atoms. The highest BCUT2D eigenvalue weighted by Crippen LogP contribution is 2.35. The van der Waals surface area contributed by atoms with Crippen LogP contribution in [0.15, 0.2) is 18.3 Å². The van der Waals surface area contributed by atoms with E-state index in [2.05, 4.69) is 55.2 Å². The Kier molecular flexibility index (Phi) is 4.12. The van der Waals surface area contributed by atoms with Crippen LogP contribution in [-0.2, 0) is 18.3 Å². The highest BCUT2D eigenvalue weighted by atomic mass is 16.5. The van der Waals surface area contributed by atoms with E-state index < -0.39 is 0 Å². The molecule has 0 aliphatic rings. The van der Waals surface area contributed by atoms with Crippen LogP contribution in [0.4, 0.5) is 0 Å². The number of aromatic nitrogens is 3. The minimum absolute atomic E-state index is 0.0694. The molecule has 0 radical (unpaired) electrons. The van der Waals surface area contributed by atoms with E-state index in [0.29, 0.717) is 0 Å². The van der Waals surface area contributed by atoms with Crippen LogP contribution < -0.4 is 4.74 Å². The van der Waals surface area contributed by atoms with Crippen molar-refractivity contribution in [2.45, 2.75) is 46.0 Å². The highest BCUT2D eigenvalue weighted by molar-refractivity contribution is 5.48. The van der Waals surface area contributed by atoms with Gasteiger partial charge in [-0.3, -0.25) is 0 Å². The zero-order chi connectivity index (χ0) is 14.8. The molecule has 0 amide bonds. The summed E-state index contributed by atoms with van der Waals surface area (Å²) in [5.41, 5.74) is 4.81. The number of nitrogens with one attached hydrogen (secondary N) is 1. The van der Waals surface area contributed by atoms with Gasteiger partial charge in [0, 0.05) is 5.56 Å². The zero-order valence-corrected chi connectivity index (χ0v) is 12.9. The summed E-state index contributed by atoms with van der Waals surface area (Å²) in [6.07, 6.45) is 3.54. The lowest BCUT2D eigenvalue weighted by atomic mass is 9.83. The largest absolute Gasteiger partial charge is 0.496 e. The molecular weight excluding hydrogens is 250 g/mol. The first-order valence-electron chi connectivity index (χ1n) is 6.94. The van der Waals surface area contributed by atoms with Gasteiger partial charge in [-0.15, -0.1) is 0 Å². The van der Waals surface area contributed by atoms with Crippen molar-refractivity contribution in [2.75, 3.05) is 7.11 Å².